The quantitative estimate of drug-likeness (QED) is 0.657. The van der Waals surface area contributed by atoms with Crippen LogP contribution >= 0.6 is 0 Å². The van der Waals surface area contributed by atoms with Gasteiger partial charge >= 0.3 is 5.97 Å². The first kappa shape index (κ1) is 22.5. The van der Waals surface area contributed by atoms with E-state index in [0.29, 0.717) is 24.3 Å². The van der Waals surface area contributed by atoms with Crippen LogP contribution in [0.5, 0.6) is 0 Å². The summed E-state index contributed by atoms with van der Waals surface area (Å²) < 4.78 is 5.13. The second-order valence-electron chi connectivity index (χ2n) is 7.75. The van der Waals surface area contributed by atoms with Crippen molar-refractivity contribution in [3.63, 3.8) is 0 Å². The summed E-state index contributed by atoms with van der Waals surface area (Å²) in [5.41, 5.74) is 4.72. The van der Waals surface area contributed by atoms with Crippen molar-refractivity contribution in [2.75, 3.05) is 25.0 Å². The zero-order valence-corrected chi connectivity index (χ0v) is 18.3. The van der Waals surface area contributed by atoms with Crippen molar-refractivity contribution in [2.45, 2.75) is 46.0 Å². The zero-order valence-electron chi connectivity index (χ0n) is 18.3. The maximum atomic E-state index is 12.3. The van der Waals surface area contributed by atoms with Gasteiger partial charge in [0.2, 0.25) is 0 Å². The summed E-state index contributed by atoms with van der Waals surface area (Å²) in [6.45, 7) is 4.81. The molecule has 0 heterocycles. The van der Waals surface area contributed by atoms with Gasteiger partial charge in [-0.1, -0.05) is 18.2 Å². The highest BCUT2D eigenvalue weighted by Crippen LogP contribution is 2.22. The number of fused-ring (bicyclic) bond motifs is 1. The number of nitrogens with zero attached hydrogens (tertiary/aromatic N) is 1. The third kappa shape index (κ3) is 6.17. The molecule has 2 aromatic rings. The van der Waals surface area contributed by atoms with Crippen molar-refractivity contribution in [3.05, 3.63) is 64.7 Å². The first-order valence-corrected chi connectivity index (χ1v) is 11.0. The maximum absolute atomic E-state index is 12.3. The molecule has 0 unspecified atom stereocenters. The average Bonchev–Trinajstić information content (AvgIpc) is 2.79. The summed E-state index contributed by atoms with van der Waals surface area (Å²) in [6, 6.07) is 12.8. The van der Waals surface area contributed by atoms with E-state index in [9.17, 15) is 14.4 Å². The molecule has 2 amide bonds. The van der Waals surface area contributed by atoms with Crippen molar-refractivity contribution in [1.82, 2.24) is 4.90 Å². The standard InChI is InChI=1S/C25H30N2O4/c1-3-27(4-2)25(30)20-11-13-22(14-12-20)26-23(28)17-31-24(29)16-18-9-10-19-7-5-6-8-21(19)15-18/h9-15H,3-8,16-17H2,1-2H3,(H,26,28). The van der Waals surface area contributed by atoms with E-state index < -0.39 is 11.9 Å². The van der Waals surface area contributed by atoms with Crippen LogP contribution in [0.1, 0.15) is 53.7 Å². The molecule has 0 aromatic heterocycles. The summed E-state index contributed by atoms with van der Waals surface area (Å²) in [6.07, 6.45) is 4.72. The van der Waals surface area contributed by atoms with Gasteiger partial charge in [-0.3, -0.25) is 14.4 Å². The van der Waals surface area contributed by atoms with Gasteiger partial charge in [-0.25, -0.2) is 0 Å². The number of carbonyl (C=O) groups is 3. The third-order valence-electron chi connectivity index (χ3n) is 5.59. The summed E-state index contributed by atoms with van der Waals surface area (Å²) in [4.78, 5) is 38.3. The Kier molecular flexibility index (Phi) is 7.82. The molecule has 3 rings (SSSR count). The molecule has 6 heteroatoms. The lowest BCUT2D eigenvalue weighted by Crippen LogP contribution is -2.30. The van der Waals surface area contributed by atoms with Crippen LogP contribution in [0.15, 0.2) is 42.5 Å². The fourth-order valence-corrected chi connectivity index (χ4v) is 3.85. The third-order valence-corrected chi connectivity index (χ3v) is 5.59. The van der Waals surface area contributed by atoms with Crippen molar-refractivity contribution >= 4 is 23.5 Å². The lowest BCUT2D eigenvalue weighted by molar-refractivity contribution is -0.146. The molecule has 0 saturated carbocycles. The number of amides is 2. The SMILES string of the molecule is CCN(CC)C(=O)c1ccc(NC(=O)COC(=O)Cc2ccc3c(c2)CCCC3)cc1. The summed E-state index contributed by atoms with van der Waals surface area (Å²) in [7, 11) is 0. The molecular formula is C25H30N2O4. The molecule has 0 radical (unpaired) electrons. The predicted molar refractivity (Wildman–Crippen MR) is 120 cm³/mol. The molecule has 0 saturated heterocycles. The molecule has 1 N–H and O–H groups in total. The Balaban J connectivity index is 1.46. The second kappa shape index (κ2) is 10.8. The number of aryl methyl sites for hydroxylation is 2. The number of nitrogens with one attached hydrogen (secondary N) is 1. The van der Waals surface area contributed by atoms with Crippen LogP contribution < -0.4 is 5.32 Å². The predicted octanol–water partition coefficient (Wildman–Crippen LogP) is 3.77. The number of hydrogen-bond donors (Lipinski definition) is 1. The van der Waals surface area contributed by atoms with Crippen LogP contribution in [0.3, 0.4) is 0 Å². The molecular weight excluding hydrogens is 392 g/mol. The molecule has 1 aliphatic carbocycles. The van der Waals surface area contributed by atoms with Gasteiger partial charge in [0, 0.05) is 24.3 Å². The van der Waals surface area contributed by atoms with Gasteiger partial charge < -0.3 is 15.0 Å². The summed E-state index contributed by atoms with van der Waals surface area (Å²) in [5.74, 6) is -0.883. The van der Waals surface area contributed by atoms with E-state index in [1.165, 1.54) is 24.0 Å². The average molecular weight is 423 g/mol. The smallest absolute Gasteiger partial charge is 0.310 e. The van der Waals surface area contributed by atoms with E-state index in [-0.39, 0.29) is 18.9 Å². The first-order valence-electron chi connectivity index (χ1n) is 11.0. The number of benzene rings is 2. The largest absolute Gasteiger partial charge is 0.455 e. The molecule has 164 valence electrons. The van der Waals surface area contributed by atoms with Crippen LogP contribution in [-0.2, 0) is 33.6 Å². The van der Waals surface area contributed by atoms with Crippen LogP contribution in [0.2, 0.25) is 0 Å². The van der Waals surface area contributed by atoms with E-state index in [0.717, 1.165) is 18.4 Å². The monoisotopic (exact) mass is 422 g/mol. The van der Waals surface area contributed by atoms with Gasteiger partial charge in [0.1, 0.15) is 0 Å². The topological polar surface area (TPSA) is 75.7 Å². The molecule has 0 atom stereocenters. The number of hydrogen-bond acceptors (Lipinski definition) is 4. The molecule has 2 aromatic carbocycles. The molecule has 0 fully saturated rings. The number of ether oxygens (including phenoxy) is 1. The molecule has 1 aliphatic rings. The van der Waals surface area contributed by atoms with Gasteiger partial charge in [-0.15, -0.1) is 0 Å². The Labute approximate surface area is 183 Å². The van der Waals surface area contributed by atoms with E-state index >= 15 is 0 Å². The maximum Gasteiger partial charge on any atom is 0.310 e. The van der Waals surface area contributed by atoms with Gasteiger partial charge in [0.05, 0.1) is 6.42 Å². The number of anilines is 1. The molecule has 0 bridgehead atoms. The zero-order chi connectivity index (χ0) is 22.2. The molecule has 0 aliphatic heterocycles. The van der Waals surface area contributed by atoms with E-state index in [1.807, 2.05) is 19.9 Å². The Morgan fingerprint density at radius 1 is 0.935 bits per heavy atom. The number of esters is 1. The van der Waals surface area contributed by atoms with Gasteiger partial charge in [0.25, 0.3) is 11.8 Å². The highest BCUT2D eigenvalue weighted by atomic mass is 16.5. The lowest BCUT2D eigenvalue weighted by Gasteiger charge is -2.18. The minimum Gasteiger partial charge on any atom is -0.455 e. The van der Waals surface area contributed by atoms with Crippen LogP contribution in [0.25, 0.3) is 0 Å². The van der Waals surface area contributed by atoms with Gasteiger partial charge in [-0.2, -0.15) is 0 Å². The highest BCUT2D eigenvalue weighted by molar-refractivity contribution is 5.96. The summed E-state index contributed by atoms with van der Waals surface area (Å²) in [5, 5.41) is 2.68. The van der Waals surface area contributed by atoms with Gasteiger partial charge in [0.15, 0.2) is 6.61 Å². The minimum absolute atomic E-state index is 0.0426. The van der Waals surface area contributed by atoms with Crippen molar-refractivity contribution in [2.24, 2.45) is 0 Å². The van der Waals surface area contributed by atoms with Crippen molar-refractivity contribution < 1.29 is 19.1 Å². The fourth-order valence-electron chi connectivity index (χ4n) is 3.85. The minimum atomic E-state index is -0.425. The second-order valence-corrected chi connectivity index (χ2v) is 7.75. The molecule has 6 nitrogen and oxygen atoms in total. The van der Waals surface area contributed by atoms with E-state index in [4.69, 9.17) is 4.74 Å². The number of carbonyl (C=O) groups excluding carboxylic acids is 3. The Hall–Kier alpha value is -3.15. The lowest BCUT2D eigenvalue weighted by atomic mass is 9.90. The van der Waals surface area contributed by atoms with E-state index in [2.05, 4.69) is 17.4 Å². The first-order chi connectivity index (χ1) is 15.0. The van der Waals surface area contributed by atoms with Gasteiger partial charge in [-0.05, 0) is 80.5 Å². The van der Waals surface area contributed by atoms with Crippen molar-refractivity contribution in [1.29, 1.82) is 0 Å². The highest BCUT2D eigenvalue weighted by Gasteiger charge is 2.14. The Bertz CT molecular complexity index is 933. The van der Waals surface area contributed by atoms with Crippen molar-refractivity contribution in [3.8, 4) is 0 Å². The molecule has 31 heavy (non-hydrogen) atoms. The number of rotatable bonds is 8. The molecule has 0 spiro atoms. The van der Waals surface area contributed by atoms with Crippen LogP contribution in [0.4, 0.5) is 5.69 Å². The Morgan fingerprint density at radius 2 is 1.61 bits per heavy atom. The van der Waals surface area contributed by atoms with Crippen LogP contribution in [0, 0.1) is 0 Å². The van der Waals surface area contributed by atoms with Crippen LogP contribution in [-0.4, -0.2) is 42.4 Å². The fraction of sp³-hybridized carbons (Fsp3) is 0.400. The normalized spacial score (nSPS) is 12.6. The summed E-state index contributed by atoms with van der Waals surface area (Å²) >= 11 is 0. The van der Waals surface area contributed by atoms with E-state index in [1.54, 1.807) is 29.2 Å². The Morgan fingerprint density at radius 3 is 2.29 bits per heavy atom.